The Morgan fingerprint density at radius 1 is 1.52 bits per heavy atom. The van der Waals surface area contributed by atoms with Gasteiger partial charge in [0.2, 0.25) is 10.0 Å². The first-order chi connectivity index (χ1) is 11.9. The number of urea groups is 1. The van der Waals surface area contributed by atoms with Gasteiger partial charge >= 0.3 is 6.03 Å². The number of hydrogen-bond acceptors (Lipinski definition) is 5. The summed E-state index contributed by atoms with van der Waals surface area (Å²) in [7, 11) is -3.24. The highest BCUT2D eigenvalue weighted by Crippen LogP contribution is 2.09. The Morgan fingerprint density at radius 3 is 2.96 bits per heavy atom. The Bertz CT molecular complexity index is 653. The molecule has 0 aromatic carbocycles. The summed E-state index contributed by atoms with van der Waals surface area (Å²) in [4.78, 5) is 18.2. The molecule has 1 fully saturated rings. The van der Waals surface area contributed by atoms with E-state index in [1.54, 1.807) is 17.3 Å². The summed E-state index contributed by atoms with van der Waals surface area (Å²) < 4.78 is 30.2. The van der Waals surface area contributed by atoms with Crippen molar-refractivity contribution in [2.45, 2.75) is 26.0 Å². The first kappa shape index (κ1) is 19.6. The van der Waals surface area contributed by atoms with Crippen molar-refractivity contribution in [3.63, 3.8) is 0 Å². The smallest absolute Gasteiger partial charge is 0.317 e. The van der Waals surface area contributed by atoms with Crippen LogP contribution in [0.5, 0.6) is 0 Å². The second-order valence-corrected chi connectivity index (χ2v) is 8.07. The van der Waals surface area contributed by atoms with E-state index in [4.69, 9.17) is 4.74 Å². The second-order valence-electron chi connectivity index (χ2n) is 6.08. The van der Waals surface area contributed by atoms with Gasteiger partial charge in [-0.25, -0.2) is 13.2 Å². The van der Waals surface area contributed by atoms with Crippen LogP contribution in [0.3, 0.4) is 0 Å². The van der Waals surface area contributed by atoms with Crippen molar-refractivity contribution in [3.05, 3.63) is 30.1 Å². The molecular formula is C16H26N4O4S. The average molecular weight is 370 g/mol. The van der Waals surface area contributed by atoms with Crippen molar-refractivity contribution < 1.29 is 17.9 Å². The molecule has 1 N–H and O–H groups in total. The average Bonchev–Trinajstić information content (AvgIpc) is 2.60. The van der Waals surface area contributed by atoms with Crippen LogP contribution < -0.4 is 5.32 Å². The molecule has 140 valence electrons. The van der Waals surface area contributed by atoms with Crippen LogP contribution in [0.1, 0.15) is 18.9 Å². The van der Waals surface area contributed by atoms with E-state index in [0.29, 0.717) is 26.2 Å². The molecule has 1 aliphatic heterocycles. The fraction of sp³-hybridized carbons (Fsp3) is 0.625. The minimum atomic E-state index is -3.24. The predicted molar refractivity (Wildman–Crippen MR) is 94.5 cm³/mol. The van der Waals surface area contributed by atoms with E-state index in [-0.39, 0.29) is 25.2 Å². The molecule has 1 aromatic heterocycles. The molecule has 1 saturated heterocycles. The summed E-state index contributed by atoms with van der Waals surface area (Å²) in [5.41, 5.74) is 0.961. The van der Waals surface area contributed by atoms with Gasteiger partial charge in [0.05, 0.1) is 19.0 Å². The van der Waals surface area contributed by atoms with Gasteiger partial charge in [0.1, 0.15) is 0 Å². The SMILES string of the molecule is CCCN(Cc1cccnc1)C(=O)NC[C@H]1CN(S(C)(=O)=O)CCO1. The zero-order valence-corrected chi connectivity index (χ0v) is 15.5. The molecule has 9 heteroatoms. The fourth-order valence-electron chi connectivity index (χ4n) is 2.66. The number of carbonyl (C=O) groups excluding carboxylic acids is 1. The molecule has 0 unspecified atom stereocenters. The van der Waals surface area contributed by atoms with Crippen molar-refractivity contribution >= 4 is 16.1 Å². The lowest BCUT2D eigenvalue weighted by Crippen LogP contribution is -2.51. The van der Waals surface area contributed by atoms with Crippen LogP contribution in [-0.2, 0) is 21.3 Å². The topological polar surface area (TPSA) is 91.8 Å². The highest BCUT2D eigenvalue weighted by molar-refractivity contribution is 7.88. The lowest BCUT2D eigenvalue weighted by atomic mass is 10.2. The third-order valence-electron chi connectivity index (χ3n) is 3.93. The molecule has 1 atom stereocenters. The largest absolute Gasteiger partial charge is 0.374 e. The van der Waals surface area contributed by atoms with E-state index in [1.165, 1.54) is 10.6 Å². The van der Waals surface area contributed by atoms with Gasteiger partial charge < -0.3 is 15.0 Å². The molecule has 2 amide bonds. The van der Waals surface area contributed by atoms with Crippen molar-refractivity contribution in [1.82, 2.24) is 19.5 Å². The Balaban J connectivity index is 1.88. The number of morpholine rings is 1. The Kier molecular flexibility index (Phi) is 7.15. The van der Waals surface area contributed by atoms with E-state index in [1.807, 2.05) is 19.1 Å². The van der Waals surface area contributed by atoms with Crippen LogP contribution in [0, 0.1) is 0 Å². The molecule has 0 aliphatic carbocycles. The van der Waals surface area contributed by atoms with Gasteiger partial charge in [-0.2, -0.15) is 4.31 Å². The molecule has 0 spiro atoms. The molecule has 0 bridgehead atoms. The maximum atomic E-state index is 12.5. The number of sulfonamides is 1. The lowest BCUT2D eigenvalue weighted by Gasteiger charge is -2.32. The van der Waals surface area contributed by atoms with Crippen molar-refractivity contribution in [3.8, 4) is 0 Å². The first-order valence-electron chi connectivity index (χ1n) is 8.38. The minimum absolute atomic E-state index is 0.189. The number of pyridine rings is 1. The zero-order valence-electron chi connectivity index (χ0n) is 14.7. The Labute approximate surface area is 149 Å². The third kappa shape index (κ3) is 6.26. The molecule has 0 radical (unpaired) electrons. The van der Waals surface area contributed by atoms with E-state index in [2.05, 4.69) is 10.3 Å². The van der Waals surface area contributed by atoms with E-state index < -0.39 is 10.0 Å². The molecule has 2 rings (SSSR count). The molecule has 1 aromatic rings. The number of rotatable bonds is 7. The van der Waals surface area contributed by atoms with E-state index >= 15 is 0 Å². The van der Waals surface area contributed by atoms with Crippen LogP contribution in [0.4, 0.5) is 4.79 Å². The van der Waals surface area contributed by atoms with E-state index in [9.17, 15) is 13.2 Å². The van der Waals surface area contributed by atoms with Gasteiger partial charge in [-0.1, -0.05) is 13.0 Å². The molecule has 25 heavy (non-hydrogen) atoms. The van der Waals surface area contributed by atoms with Gasteiger partial charge in [-0.05, 0) is 18.1 Å². The summed E-state index contributed by atoms with van der Waals surface area (Å²) >= 11 is 0. The highest BCUT2D eigenvalue weighted by Gasteiger charge is 2.27. The number of amides is 2. The van der Waals surface area contributed by atoms with Gasteiger partial charge in [0.25, 0.3) is 0 Å². The normalized spacial score (nSPS) is 18.7. The maximum absolute atomic E-state index is 12.5. The Hall–Kier alpha value is -1.71. The van der Waals surface area contributed by atoms with Crippen LogP contribution in [0.2, 0.25) is 0 Å². The molecule has 1 aliphatic rings. The fourth-order valence-corrected chi connectivity index (χ4v) is 3.51. The number of hydrogen-bond donors (Lipinski definition) is 1. The minimum Gasteiger partial charge on any atom is -0.374 e. The summed E-state index contributed by atoms with van der Waals surface area (Å²) in [6.07, 6.45) is 5.13. The number of nitrogens with zero attached hydrogens (tertiary/aromatic N) is 3. The van der Waals surface area contributed by atoms with Gasteiger partial charge in [0.15, 0.2) is 0 Å². The number of ether oxygens (including phenoxy) is 1. The molecular weight excluding hydrogens is 344 g/mol. The van der Waals surface area contributed by atoms with Crippen molar-refractivity contribution in [1.29, 1.82) is 0 Å². The van der Waals surface area contributed by atoms with Crippen molar-refractivity contribution in [2.24, 2.45) is 0 Å². The number of nitrogens with one attached hydrogen (secondary N) is 1. The maximum Gasteiger partial charge on any atom is 0.317 e. The van der Waals surface area contributed by atoms with Gasteiger partial charge in [-0.3, -0.25) is 4.98 Å². The van der Waals surface area contributed by atoms with Crippen LogP contribution >= 0.6 is 0 Å². The van der Waals surface area contributed by atoms with Crippen LogP contribution in [0.15, 0.2) is 24.5 Å². The Morgan fingerprint density at radius 2 is 2.32 bits per heavy atom. The van der Waals surface area contributed by atoms with E-state index in [0.717, 1.165) is 12.0 Å². The van der Waals surface area contributed by atoms with Crippen LogP contribution in [0.25, 0.3) is 0 Å². The van der Waals surface area contributed by atoms with Crippen LogP contribution in [-0.4, -0.2) is 73.8 Å². The first-order valence-corrected chi connectivity index (χ1v) is 10.2. The number of carbonyl (C=O) groups is 1. The quantitative estimate of drug-likeness (QED) is 0.761. The zero-order chi connectivity index (χ0) is 18.3. The summed E-state index contributed by atoms with van der Waals surface area (Å²) in [6, 6.07) is 3.58. The molecule has 8 nitrogen and oxygen atoms in total. The van der Waals surface area contributed by atoms with Crippen molar-refractivity contribution in [2.75, 3.05) is 39.0 Å². The monoisotopic (exact) mass is 370 g/mol. The summed E-state index contributed by atoms with van der Waals surface area (Å²) in [5, 5.41) is 2.85. The lowest BCUT2D eigenvalue weighted by molar-refractivity contribution is 0.000860. The molecule has 0 saturated carbocycles. The summed E-state index contributed by atoms with van der Waals surface area (Å²) in [6.45, 7) is 4.34. The molecule has 2 heterocycles. The van der Waals surface area contributed by atoms with Gasteiger partial charge in [-0.15, -0.1) is 0 Å². The standard InChI is InChI=1S/C16H26N4O4S/c1-3-7-19(12-14-5-4-6-17-10-14)16(21)18-11-15-13-20(8-9-24-15)25(2,22)23/h4-6,10,15H,3,7-9,11-13H2,1-2H3,(H,18,21)/t15-/m0/s1. The highest BCUT2D eigenvalue weighted by atomic mass is 32.2. The predicted octanol–water partition coefficient (Wildman–Crippen LogP) is 0.664. The van der Waals surface area contributed by atoms with Gasteiger partial charge in [0, 0.05) is 45.1 Å². The number of aromatic nitrogens is 1. The summed E-state index contributed by atoms with van der Waals surface area (Å²) in [5.74, 6) is 0. The third-order valence-corrected chi connectivity index (χ3v) is 5.20. The second kappa shape index (κ2) is 9.12.